The topological polar surface area (TPSA) is 65.7 Å². The van der Waals surface area contributed by atoms with Crippen molar-refractivity contribution in [3.8, 4) is 0 Å². The molecule has 7 heteroatoms. The molecular weight excluding hydrogens is 453 g/mol. The number of hydrogen-bond donors (Lipinski definition) is 2. The monoisotopic (exact) mass is 487 g/mol. The molecule has 27 heavy (non-hydrogen) atoms. The van der Waals surface area contributed by atoms with Crippen LogP contribution in [0.4, 0.5) is 0 Å². The molecule has 0 aromatic carbocycles. The molecule has 1 aromatic heterocycles. The summed E-state index contributed by atoms with van der Waals surface area (Å²) in [6.45, 7) is 10.9. The Morgan fingerprint density at radius 1 is 1.26 bits per heavy atom. The quantitative estimate of drug-likeness (QED) is 0.279. The number of aromatic nitrogens is 1. The second-order valence-electron chi connectivity index (χ2n) is 7.47. The van der Waals surface area contributed by atoms with E-state index in [2.05, 4.69) is 39.6 Å². The third kappa shape index (κ3) is 6.78. The summed E-state index contributed by atoms with van der Waals surface area (Å²) >= 11 is 0. The zero-order valence-corrected chi connectivity index (χ0v) is 19.2. The molecule has 2 N–H and O–H groups in total. The van der Waals surface area contributed by atoms with Crippen LogP contribution >= 0.6 is 24.0 Å². The second-order valence-corrected chi connectivity index (χ2v) is 7.47. The van der Waals surface area contributed by atoms with Crippen LogP contribution in [0.25, 0.3) is 0 Å². The van der Waals surface area contributed by atoms with Crippen LogP contribution < -0.4 is 10.6 Å². The van der Waals surface area contributed by atoms with Crippen LogP contribution in [0.2, 0.25) is 0 Å². The second kappa shape index (κ2) is 11.0. The van der Waals surface area contributed by atoms with E-state index in [1.54, 1.807) is 0 Å². The molecule has 6 nitrogen and oxygen atoms in total. The van der Waals surface area contributed by atoms with Gasteiger partial charge in [-0.15, -0.1) is 24.0 Å². The van der Waals surface area contributed by atoms with Crippen LogP contribution in [0, 0.1) is 19.8 Å². The Kier molecular flexibility index (Phi) is 9.08. The minimum Gasteiger partial charge on any atom is -0.444 e. The van der Waals surface area contributed by atoms with Gasteiger partial charge in [0.1, 0.15) is 5.76 Å². The Morgan fingerprint density at radius 2 is 1.96 bits per heavy atom. The van der Waals surface area contributed by atoms with E-state index in [1.165, 1.54) is 12.8 Å². The maximum atomic E-state index is 5.72. The number of nitrogens with zero attached hydrogens (tertiary/aromatic N) is 3. The number of piperidine rings is 1. The molecule has 0 bridgehead atoms. The maximum Gasteiger partial charge on any atom is 0.208 e. The minimum absolute atomic E-state index is 0. The maximum absolute atomic E-state index is 5.72. The first kappa shape index (κ1) is 22.2. The highest BCUT2D eigenvalue weighted by atomic mass is 127. The van der Waals surface area contributed by atoms with Gasteiger partial charge in [-0.3, -0.25) is 9.89 Å². The predicted molar refractivity (Wildman–Crippen MR) is 121 cm³/mol. The van der Waals surface area contributed by atoms with Gasteiger partial charge in [0.25, 0.3) is 0 Å². The first-order chi connectivity index (χ1) is 12.6. The highest BCUT2D eigenvalue weighted by Crippen LogP contribution is 2.20. The number of likely N-dealkylation sites (tertiary alicyclic amines) is 1. The van der Waals surface area contributed by atoms with E-state index in [4.69, 9.17) is 9.41 Å². The van der Waals surface area contributed by atoms with E-state index in [-0.39, 0.29) is 24.0 Å². The van der Waals surface area contributed by atoms with Crippen LogP contribution in [0.1, 0.15) is 50.0 Å². The first-order valence-electron chi connectivity index (χ1n) is 9.99. The van der Waals surface area contributed by atoms with Crippen molar-refractivity contribution in [2.75, 3.05) is 26.2 Å². The summed E-state index contributed by atoms with van der Waals surface area (Å²) in [4.78, 5) is 11.8. The van der Waals surface area contributed by atoms with Crippen molar-refractivity contribution in [2.24, 2.45) is 10.9 Å². The highest BCUT2D eigenvalue weighted by Gasteiger charge is 2.21. The number of guanidine groups is 1. The summed E-state index contributed by atoms with van der Waals surface area (Å²) in [7, 11) is 0. The average Bonchev–Trinajstić information content (AvgIpc) is 3.24. The van der Waals surface area contributed by atoms with Gasteiger partial charge in [0.2, 0.25) is 5.89 Å². The molecule has 1 saturated heterocycles. The van der Waals surface area contributed by atoms with Crippen LogP contribution in [-0.4, -0.2) is 48.1 Å². The van der Waals surface area contributed by atoms with Gasteiger partial charge in [-0.2, -0.15) is 0 Å². The molecule has 2 aliphatic rings. The third-order valence-corrected chi connectivity index (χ3v) is 5.34. The van der Waals surface area contributed by atoms with Gasteiger partial charge in [-0.05, 0) is 65.5 Å². The van der Waals surface area contributed by atoms with Crippen molar-refractivity contribution >= 4 is 29.9 Å². The SMILES string of the molecule is CCNC(=NCC1CCN(Cc2nc(C)c(C)o2)CC1)NC1CC=CC1.I. The fraction of sp³-hybridized carbons (Fsp3) is 0.700. The van der Waals surface area contributed by atoms with E-state index in [0.717, 1.165) is 68.9 Å². The predicted octanol–water partition coefficient (Wildman–Crippen LogP) is 3.40. The largest absolute Gasteiger partial charge is 0.444 e. The van der Waals surface area contributed by atoms with Gasteiger partial charge in [-0.25, -0.2) is 4.98 Å². The Hall–Kier alpha value is -1.09. The van der Waals surface area contributed by atoms with Gasteiger partial charge < -0.3 is 15.1 Å². The molecule has 0 atom stereocenters. The van der Waals surface area contributed by atoms with Gasteiger partial charge in [0.05, 0.1) is 12.2 Å². The summed E-state index contributed by atoms with van der Waals surface area (Å²) in [5, 5.41) is 6.93. The smallest absolute Gasteiger partial charge is 0.208 e. The van der Waals surface area contributed by atoms with Crippen LogP contribution in [0.15, 0.2) is 21.6 Å². The normalized spacial score (nSPS) is 19.3. The van der Waals surface area contributed by atoms with Crippen LogP contribution in [0.5, 0.6) is 0 Å². The average molecular weight is 487 g/mol. The van der Waals surface area contributed by atoms with Crippen molar-refractivity contribution in [3.05, 3.63) is 29.5 Å². The van der Waals surface area contributed by atoms with E-state index in [1.807, 2.05) is 13.8 Å². The molecule has 0 spiro atoms. The van der Waals surface area contributed by atoms with E-state index in [9.17, 15) is 0 Å². The van der Waals surface area contributed by atoms with E-state index >= 15 is 0 Å². The van der Waals surface area contributed by atoms with Gasteiger partial charge in [0, 0.05) is 19.1 Å². The molecule has 0 amide bonds. The Labute approximate surface area is 180 Å². The van der Waals surface area contributed by atoms with Crippen LogP contribution in [0.3, 0.4) is 0 Å². The molecule has 3 rings (SSSR count). The highest BCUT2D eigenvalue weighted by molar-refractivity contribution is 14.0. The minimum atomic E-state index is 0. The Morgan fingerprint density at radius 3 is 2.56 bits per heavy atom. The summed E-state index contributed by atoms with van der Waals surface area (Å²) in [6.07, 6.45) is 9.06. The first-order valence-corrected chi connectivity index (χ1v) is 9.99. The standard InChI is InChI=1S/C20H33N5O.HI/c1-4-21-20(24-18-7-5-6-8-18)22-13-17-9-11-25(12-10-17)14-19-23-15(2)16(3)26-19;/h5-6,17-18H,4,7-14H2,1-3H3,(H2,21,22,24);1H. The lowest BCUT2D eigenvalue weighted by atomic mass is 9.97. The molecule has 1 fully saturated rings. The van der Waals surface area contributed by atoms with Crippen molar-refractivity contribution < 1.29 is 4.42 Å². The van der Waals surface area contributed by atoms with Gasteiger partial charge in [-0.1, -0.05) is 12.2 Å². The molecular formula is C20H34IN5O. The lowest BCUT2D eigenvalue weighted by Gasteiger charge is -2.30. The summed E-state index contributed by atoms with van der Waals surface area (Å²) in [5.74, 6) is 3.41. The number of rotatable bonds is 6. The molecule has 0 radical (unpaired) electrons. The lowest BCUT2D eigenvalue weighted by Crippen LogP contribution is -2.43. The molecule has 0 unspecified atom stereocenters. The number of hydrogen-bond acceptors (Lipinski definition) is 4. The zero-order valence-electron chi connectivity index (χ0n) is 16.8. The van der Waals surface area contributed by atoms with Crippen molar-refractivity contribution in [2.45, 2.75) is 59.0 Å². The molecule has 2 heterocycles. The summed E-state index contributed by atoms with van der Waals surface area (Å²) in [5.41, 5.74) is 1.00. The summed E-state index contributed by atoms with van der Waals surface area (Å²) in [6, 6.07) is 0.502. The third-order valence-electron chi connectivity index (χ3n) is 5.34. The van der Waals surface area contributed by atoms with Crippen molar-refractivity contribution in [1.29, 1.82) is 0 Å². The van der Waals surface area contributed by atoms with E-state index in [0.29, 0.717) is 12.0 Å². The fourth-order valence-electron chi connectivity index (χ4n) is 3.59. The van der Waals surface area contributed by atoms with Crippen molar-refractivity contribution in [3.63, 3.8) is 0 Å². The number of aliphatic imine (C=N–C) groups is 1. The molecule has 1 aliphatic carbocycles. The summed E-state index contributed by atoms with van der Waals surface area (Å²) < 4.78 is 5.72. The van der Waals surface area contributed by atoms with Crippen molar-refractivity contribution in [1.82, 2.24) is 20.5 Å². The fourth-order valence-corrected chi connectivity index (χ4v) is 3.59. The molecule has 0 saturated carbocycles. The number of oxazole rings is 1. The molecule has 1 aromatic rings. The van der Waals surface area contributed by atoms with Gasteiger partial charge in [0.15, 0.2) is 5.96 Å². The number of nitrogens with one attached hydrogen (secondary N) is 2. The van der Waals surface area contributed by atoms with E-state index < -0.39 is 0 Å². The van der Waals surface area contributed by atoms with Gasteiger partial charge >= 0.3 is 0 Å². The number of aryl methyl sites for hydroxylation is 2. The Bertz CT molecular complexity index is 607. The zero-order chi connectivity index (χ0) is 18.4. The number of halogens is 1. The lowest BCUT2D eigenvalue weighted by molar-refractivity contribution is 0.166. The molecule has 1 aliphatic heterocycles. The Balaban J connectivity index is 0.00000261. The van der Waals surface area contributed by atoms with Crippen LogP contribution in [-0.2, 0) is 6.54 Å². The molecule has 152 valence electrons.